The van der Waals surface area contributed by atoms with Crippen molar-refractivity contribution >= 4 is 29.4 Å². The number of rotatable bonds is 8. The molecule has 0 saturated carbocycles. The molecule has 0 aromatic heterocycles. The number of hydrogen-bond acceptors (Lipinski definition) is 4. The van der Waals surface area contributed by atoms with Crippen molar-refractivity contribution in [1.29, 1.82) is 0 Å². The Hall–Kier alpha value is 0.130. The van der Waals surface area contributed by atoms with Crippen molar-refractivity contribution in [2.75, 3.05) is 23.5 Å². The fourth-order valence-corrected chi connectivity index (χ4v) is 2.22. The number of carbonyl (C=O) groups excluding carboxylic acids is 1. The Balaban J connectivity index is 3.70. The fourth-order valence-electron chi connectivity index (χ4n) is 1.06. The molecule has 0 aliphatic rings. The molecule has 0 radical (unpaired) electrons. The van der Waals surface area contributed by atoms with Crippen LogP contribution in [-0.4, -0.2) is 41.5 Å². The fraction of sp³-hybridized carbons (Fsp3) is 0.900. The van der Waals surface area contributed by atoms with Gasteiger partial charge in [0.05, 0.1) is 6.04 Å². The second kappa shape index (κ2) is 9.36. The van der Waals surface area contributed by atoms with Crippen LogP contribution in [0.5, 0.6) is 0 Å². The third-order valence-corrected chi connectivity index (χ3v) is 3.72. The van der Waals surface area contributed by atoms with Gasteiger partial charge in [0.2, 0.25) is 5.91 Å². The largest absolute Gasteiger partial charge is 0.351 e. The van der Waals surface area contributed by atoms with Gasteiger partial charge < -0.3 is 11.1 Å². The van der Waals surface area contributed by atoms with Gasteiger partial charge in [0.25, 0.3) is 0 Å². The van der Waals surface area contributed by atoms with Crippen molar-refractivity contribution in [3.05, 3.63) is 0 Å². The lowest BCUT2D eigenvalue weighted by Crippen LogP contribution is -2.45. The molecule has 15 heavy (non-hydrogen) atoms. The highest BCUT2D eigenvalue weighted by atomic mass is 32.2. The van der Waals surface area contributed by atoms with Crippen LogP contribution in [0.3, 0.4) is 0 Å². The molecule has 90 valence electrons. The van der Waals surface area contributed by atoms with Crippen LogP contribution in [0.15, 0.2) is 0 Å². The first-order valence-corrected chi connectivity index (χ1v) is 7.79. The van der Waals surface area contributed by atoms with E-state index in [4.69, 9.17) is 5.73 Å². The lowest BCUT2D eigenvalue weighted by atomic mass is 10.2. The molecule has 0 heterocycles. The van der Waals surface area contributed by atoms with Crippen LogP contribution >= 0.6 is 23.5 Å². The van der Waals surface area contributed by atoms with Gasteiger partial charge in [0, 0.05) is 11.8 Å². The average Bonchev–Trinajstić information content (AvgIpc) is 2.22. The Kier molecular flexibility index (Phi) is 9.44. The van der Waals surface area contributed by atoms with E-state index in [2.05, 4.69) is 12.2 Å². The normalized spacial score (nSPS) is 14.7. The Bertz CT molecular complexity index is 179. The van der Waals surface area contributed by atoms with E-state index < -0.39 is 0 Å². The van der Waals surface area contributed by atoms with Gasteiger partial charge in [-0.2, -0.15) is 23.5 Å². The molecule has 0 aliphatic carbocycles. The predicted molar refractivity (Wildman–Crippen MR) is 71.6 cm³/mol. The Morgan fingerprint density at radius 2 is 2.20 bits per heavy atom. The van der Waals surface area contributed by atoms with Gasteiger partial charge in [0.1, 0.15) is 0 Å². The van der Waals surface area contributed by atoms with Crippen LogP contribution in [-0.2, 0) is 4.79 Å². The van der Waals surface area contributed by atoms with Crippen LogP contribution in [0.4, 0.5) is 0 Å². The molecule has 2 atom stereocenters. The molecule has 0 rings (SSSR count). The first kappa shape index (κ1) is 15.1. The molecule has 0 bridgehead atoms. The summed E-state index contributed by atoms with van der Waals surface area (Å²) >= 11 is 3.54. The third-order valence-electron chi connectivity index (χ3n) is 1.93. The summed E-state index contributed by atoms with van der Waals surface area (Å²) in [6.07, 6.45) is 2.77. The van der Waals surface area contributed by atoms with Crippen molar-refractivity contribution < 1.29 is 4.79 Å². The van der Waals surface area contributed by atoms with Gasteiger partial charge in [0.15, 0.2) is 0 Å². The topological polar surface area (TPSA) is 55.1 Å². The molecule has 3 nitrogen and oxygen atoms in total. The highest BCUT2D eigenvalue weighted by Crippen LogP contribution is 2.03. The molecule has 0 aliphatic heterocycles. The molecule has 0 aromatic carbocycles. The van der Waals surface area contributed by atoms with E-state index in [0.29, 0.717) is 0 Å². The Morgan fingerprint density at radius 1 is 1.53 bits per heavy atom. The molecule has 0 saturated heterocycles. The van der Waals surface area contributed by atoms with Gasteiger partial charge in [-0.25, -0.2) is 0 Å². The number of nitrogens with one attached hydrogen (secondary N) is 1. The third kappa shape index (κ3) is 7.99. The summed E-state index contributed by atoms with van der Waals surface area (Å²) in [5, 5.41) is 2.93. The van der Waals surface area contributed by atoms with E-state index in [9.17, 15) is 4.79 Å². The maximum Gasteiger partial charge on any atom is 0.237 e. The summed E-state index contributed by atoms with van der Waals surface area (Å²) in [6.45, 7) is 4.13. The highest BCUT2D eigenvalue weighted by Gasteiger charge is 2.14. The van der Waals surface area contributed by atoms with Crippen LogP contribution < -0.4 is 11.1 Å². The van der Waals surface area contributed by atoms with E-state index in [1.165, 1.54) is 0 Å². The summed E-state index contributed by atoms with van der Waals surface area (Å²) < 4.78 is 0. The maximum atomic E-state index is 11.6. The molecule has 0 aromatic rings. The molecular weight excluding hydrogens is 228 g/mol. The smallest absolute Gasteiger partial charge is 0.237 e. The maximum absolute atomic E-state index is 11.6. The van der Waals surface area contributed by atoms with E-state index in [1.54, 1.807) is 11.8 Å². The van der Waals surface area contributed by atoms with Gasteiger partial charge >= 0.3 is 0 Å². The number of hydrogen-bond donors (Lipinski definition) is 2. The lowest BCUT2D eigenvalue weighted by molar-refractivity contribution is -0.122. The monoisotopic (exact) mass is 250 g/mol. The first-order chi connectivity index (χ1) is 7.11. The summed E-state index contributed by atoms with van der Waals surface area (Å²) in [7, 11) is 0. The minimum absolute atomic E-state index is 0.0201. The zero-order valence-electron chi connectivity index (χ0n) is 9.79. The molecular formula is C10H22N2OS2. The summed E-state index contributed by atoms with van der Waals surface area (Å²) in [5.74, 6) is 2.95. The van der Waals surface area contributed by atoms with E-state index in [0.717, 1.165) is 23.7 Å². The molecule has 3 N–H and O–H groups in total. The number of thioether (sulfide) groups is 2. The van der Waals surface area contributed by atoms with Gasteiger partial charge in [-0.3, -0.25) is 4.79 Å². The van der Waals surface area contributed by atoms with Gasteiger partial charge in [-0.15, -0.1) is 0 Å². The van der Waals surface area contributed by atoms with Gasteiger partial charge in [-0.1, -0.05) is 6.92 Å². The quantitative estimate of drug-likeness (QED) is 0.682. The van der Waals surface area contributed by atoms with Crippen LogP contribution in [0.25, 0.3) is 0 Å². The predicted octanol–water partition coefficient (Wildman–Crippen LogP) is 1.32. The van der Waals surface area contributed by atoms with E-state index in [-0.39, 0.29) is 18.0 Å². The zero-order chi connectivity index (χ0) is 11.7. The first-order valence-electron chi connectivity index (χ1n) is 5.24. The SMILES string of the molecule is CCSCC(C)NC(=O)[C@@H](N)CCSC. The number of carbonyl (C=O) groups is 1. The second-order valence-corrected chi connectivity index (χ2v) is 5.76. The van der Waals surface area contributed by atoms with Crippen LogP contribution in [0.2, 0.25) is 0 Å². The summed E-state index contributed by atoms with van der Waals surface area (Å²) in [5.41, 5.74) is 5.75. The zero-order valence-corrected chi connectivity index (χ0v) is 11.4. The summed E-state index contributed by atoms with van der Waals surface area (Å²) in [4.78, 5) is 11.6. The molecule has 5 heteroatoms. The van der Waals surface area contributed by atoms with E-state index in [1.807, 2.05) is 24.9 Å². The van der Waals surface area contributed by atoms with Crippen molar-refractivity contribution in [3.8, 4) is 0 Å². The van der Waals surface area contributed by atoms with Crippen molar-refractivity contribution in [2.45, 2.75) is 32.4 Å². The molecule has 1 unspecified atom stereocenters. The minimum Gasteiger partial charge on any atom is -0.351 e. The second-order valence-electron chi connectivity index (χ2n) is 3.46. The van der Waals surface area contributed by atoms with Crippen LogP contribution in [0.1, 0.15) is 20.3 Å². The number of amides is 1. The van der Waals surface area contributed by atoms with Crippen LogP contribution in [0, 0.1) is 0 Å². The molecule has 0 fully saturated rings. The number of nitrogens with two attached hydrogens (primary N) is 1. The van der Waals surface area contributed by atoms with Crippen molar-refractivity contribution in [3.63, 3.8) is 0 Å². The average molecular weight is 250 g/mol. The van der Waals surface area contributed by atoms with E-state index >= 15 is 0 Å². The van der Waals surface area contributed by atoms with Gasteiger partial charge in [-0.05, 0) is 31.1 Å². The lowest BCUT2D eigenvalue weighted by Gasteiger charge is -2.16. The molecule has 1 amide bonds. The van der Waals surface area contributed by atoms with Crippen molar-refractivity contribution in [1.82, 2.24) is 5.32 Å². The summed E-state index contributed by atoms with van der Waals surface area (Å²) in [6, 6.07) is -0.144. The standard InChI is InChI=1S/C10H22N2OS2/c1-4-15-7-8(2)12-10(13)9(11)5-6-14-3/h8-9H,4-7,11H2,1-3H3,(H,12,13)/t8?,9-/m0/s1. The Labute approximate surface area is 101 Å². The Morgan fingerprint density at radius 3 is 2.73 bits per heavy atom. The highest BCUT2D eigenvalue weighted by molar-refractivity contribution is 7.99. The minimum atomic E-state index is -0.355. The molecule has 0 spiro atoms. The van der Waals surface area contributed by atoms with Crippen molar-refractivity contribution in [2.24, 2.45) is 5.73 Å².